The van der Waals surface area contributed by atoms with Gasteiger partial charge in [0.25, 0.3) is 5.92 Å². The van der Waals surface area contributed by atoms with E-state index >= 15 is 0 Å². The van der Waals surface area contributed by atoms with Crippen LogP contribution in [0.1, 0.15) is 36.3 Å². The zero-order chi connectivity index (χ0) is 24.7. The SMILES string of the molecule is O=C(NC1CCCC1C(=O)NC[C@H]1[C@@H](C(=O)O)C1(F)F)OCC1c2ccccc2-c2ccccc21. The number of benzene rings is 2. The third kappa shape index (κ3) is 4.24. The van der Waals surface area contributed by atoms with Crippen LogP contribution in [0.5, 0.6) is 0 Å². The number of amides is 2. The molecule has 0 saturated heterocycles. The Bertz CT molecular complexity index is 1120. The molecular weight excluding hydrogens is 458 g/mol. The van der Waals surface area contributed by atoms with Crippen LogP contribution in [0, 0.1) is 17.8 Å². The topological polar surface area (TPSA) is 105 Å². The van der Waals surface area contributed by atoms with Crippen molar-refractivity contribution in [1.82, 2.24) is 10.6 Å². The highest BCUT2D eigenvalue weighted by atomic mass is 19.3. The predicted octanol–water partition coefficient (Wildman–Crippen LogP) is 3.78. The minimum Gasteiger partial charge on any atom is -0.481 e. The fourth-order valence-electron chi connectivity index (χ4n) is 5.56. The van der Waals surface area contributed by atoms with Crippen LogP contribution in [-0.4, -0.2) is 48.2 Å². The van der Waals surface area contributed by atoms with E-state index in [1.54, 1.807) is 0 Å². The van der Waals surface area contributed by atoms with E-state index in [1.807, 2.05) is 48.5 Å². The van der Waals surface area contributed by atoms with E-state index in [9.17, 15) is 23.2 Å². The van der Waals surface area contributed by atoms with Crippen LogP contribution in [0.4, 0.5) is 13.6 Å². The molecule has 35 heavy (non-hydrogen) atoms. The highest BCUT2D eigenvalue weighted by molar-refractivity contribution is 5.82. The highest BCUT2D eigenvalue weighted by Crippen LogP contribution is 2.55. The van der Waals surface area contributed by atoms with Crippen LogP contribution < -0.4 is 10.6 Å². The fraction of sp³-hybridized carbons (Fsp3) is 0.423. The number of carbonyl (C=O) groups is 3. The summed E-state index contributed by atoms with van der Waals surface area (Å²) in [7, 11) is 0. The molecule has 0 bridgehead atoms. The standard InChI is InChI=1S/C26H26F2N2O5/c27-26(28)20(22(26)24(32)33)12-29-23(31)18-10-5-11-21(18)30-25(34)35-13-19-16-8-3-1-6-14(16)15-7-2-4-9-17(15)19/h1-4,6-9,18-22H,5,10-13H2,(H,29,31)(H,30,34)(H,32,33)/t18?,20-,21?,22-/m0/s1. The molecule has 3 aliphatic rings. The Balaban J connectivity index is 1.15. The number of alkyl carbamates (subject to hydrolysis) is 1. The van der Waals surface area contributed by atoms with Gasteiger partial charge in [0.15, 0.2) is 0 Å². The number of halogens is 2. The molecule has 0 aliphatic heterocycles. The molecule has 2 saturated carbocycles. The van der Waals surface area contributed by atoms with Crippen LogP contribution in [0.15, 0.2) is 48.5 Å². The van der Waals surface area contributed by atoms with Crippen LogP contribution in [0.25, 0.3) is 11.1 Å². The third-order valence-electron chi connectivity index (χ3n) is 7.46. The molecule has 4 atom stereocenters. The zero-order valence-electron chi connectivity index (χ0n) is 18.9. The molecule has 2 unspecified atom stereocenters. The Kier molecular flexibility index (Phi) is 5.94. The van der Waals surface area contributed by atoms with Crippen molar-refractivity contribution >= 4 is 18.0 Å². The minimum atomic E-state index is -3.31. The van der Waals surface area contributed by atoms with Gasteiger partial charge in [0.2, 0.25) is 5.91 Å². The number of hydrogen-bond acceptors (Lipinski definition) is 4. The van der Waals surface area contributed by atoms with Gasteiger partial charge in [0.1, 0.15) is 12.5 Å². The van der Waals surface area contributed by atoms with Crippen LogP contribution in [-0.2, 0) is 14.3 Å². The Morgan fingerprint density at radius 2 is 1.63 bits per heavy atom. The minimum absolute atomic E-state index is 0.0850. The number of alkyl halides is 2. The third-order valence-corrected chi connectivity index (χ3v) is 7.46. The number of carboxylic acid groups (broad SMARTS) is 1. The van der Waals surface area contributed by atoms with Gasteiger partial charge in [-0.05, 0) is 35.1 Å². The number of hydrogen-bond donors (Lipinski definition) is 3. The maximum atomic E-state index is 13.6. The summed E-state index contributed by atoms with van der Waals surface area (Å²) in [6.45, 7) is -0.256. The lowest BCUT2D eigenvalue weighted by Gasteiger charge is -2.21. The summed E-state index contributed by atoms with van der Waals surface area (Å²) in [6, 6.07) is 15.5. The first-order valence-corrected chi connectivity index (χ1v) is 11.8. The molecule has 0 aromatic heterocycles. The van der Waals surface area contributed by atoms with Gasteiger partial charge >= 0.3 is 12.1 Å². The van der Waals surface area contributed by atoms with Crippen LogP contribution >= 0.6 is 0 Å². The summed E-state index contributed by atoms with van der Waals surface area (Å²) in [5.41, 5.74) is 4.43. The molecular formula is C26H26F2N2O5. The lowest BCUT2D eigenvalue weighted by molar-refractivity contribution is -0.141. The van der Waals surface area contributed by atoms with E-state index in [0.29, 0.717) is 19.3 Å². The Morgan fingerprint density at radius 1 is 1.00 bits per heavy atom. The average molecular weight is 484 g/mol. The summed E-state index contributed by atoms with van der Waals surface area (Å²) in [5, 5.41) is 14.1. The van der Waals surface area contributed by atoms with E-state index in [1.165, 1.54) is 0 Å². The molecule has 7 nitrogen and oxygen atoms in total. The van der Waals surface area contributed by atoms with E-state index in [2.05, 4.69) is 10.6 Å². The van der Waals surface area contributed by atoms with Gasteiger partial charge in [-0.15, -0.1) is 0 Å². The van der Waals surface area contributed by atoms with E-state index in [0.717, 1.165) is 22.3 Å². The molecule has 2 aromatic rings. The fourth-order valence-corrected chi connectivity index (χ4v) is 5.56. The summed E-state index contributed by atoms with van der Waals surface area (Å²) in [5.74, 6) is -9.17. The quantitative estimate of drug-likeness (QED) is 0.555. The lowest BCUT2D eigenvalue weighted by atomic mass is 9.98. The predicted molar refractivity (Wildman–Crippen MR) is 122 cm³/mol. The number of carbonyl (C=O) groups excluding carboxylic acids is 2. The smallest absolute Gasteiger partial charge is 0.407 e. The number of fused-ring (bicyclic) bond motifs is 3. The van der Waals surface area contributed by atoms with Crippen molar-refractivity contribution in [3.63, 3.8) is 0 Å². The maximum absolute atomic E-state index is 13.6. The summed E-state index contributed by atoms with van der Waals surface area (Å²) in [6.07, 6.45) is 1.14. The molecule has 5 rings (SSSR count). The van der Waals surface area contributed by atoms with Crippen molar-refractivity contribution in [2.75, 3.05) is 13.2 Å². The summed E-state index contributed by atoms with van der Waals surface area (Å²) in [4.78, 5) is 36.1. The Morgan fingerprint density at radius 3 is 2.23 bits per heavy atom. The van der Waals surface area contributed by atoms with Gasteiger partial charge in [0, 0.05) is 18.5 Å². The van der Waals surface area contributed by atoms with Gasteiger partial charge in [-0.25, -0.2) is 13.6 Å². The van der Waals surface area contributed by atoms with Crippen LogP contribution in [0.2, 0.25) is 0 Å². The summed E-state index contributed by atoms with van der Waals surface area (Å²) >= 11 is 0. The number of nitrogens with one attached hydrogen (secondary N) is 2. The molecule has 9 heteroatoms. The van der Waals surface area contributed by atoms with Gasteiger partial charge in [-0.2, -0.15) is 0 Å². The normalized spacial score (nSPS) is 25.9. The monoisotopic (exact) mass is 484 g/mol. The van der Waals surface area contributed by atoms with Crippen molar-refractivity contribution in [3.05, 3.63) is 59.7 Å². The first kappa shape index (κ1) is 23.3. The second-order valence-electron chi connectivity index (χ2n) is 9.46. The van der Waals surface area contributed by atoms with Gasteiger partial charge in [0.05, 0.1) is 11.8 Å². The molecule has 3 aliphatic carbocycles. The first-order chi connectivity index (χ1) is 16.8. The van der Waals surface area contributed by atoms with Crippen molar-refractivity contribution in [2.24, 2.45) is 17.8 Å². The van der Waals surface area contributed by atoms with Gasteiger partial charge in [-0.3, -0.25) is 9.59 Å². The molecule has 0 radical (unpaired) electrons. The zero-order valence-corrected chi connectivity index (χ0v) is 18.9. The molecule has 0 heterocycles. The molecule has 184 valence electrons. The van der Waals surface area contributed by atoms with Gasteiger partial charge < -0.3 is 20.5 Å². The van der Waals surface area contributed by atoms with E-state index < -0.39 is 54.2 Å². The lowest BCUT2D eigenvalue weighted by Crippen LogP contribution is -2.45. The Hall–Kier alpha value is -3.49. The maximum Gasteiger partial charge on any atom is 0.407 e. The molecule has 2 amide bonds. The van der Waals surface area contributed by atoms with Crippen LogP contribution in [0.3, 0.4) is 0 Å². The average Bonchev–Trinajstić information content (AvgIpc) is 3.13. The number of aliphatic carboxylic acids is 1. The van der Waals surface area contributed by atoms with Crippen molar-refractivity contribution in [3.8, 4) is 11.1 Å². The van der Waals surface area contributed by atoms with Crippen molar-refractivity contribution in [2.45, 2.75) is 37.1 Å². The highest BCUT2D eigenvalue weighted by Gasteiger charge is 2.72. The summed E-state index contributed by atoms with van der Waals surface area (Å²) < 4.78 is 32.7. The number of ether oxygens (including phenoxy) is 1. The van der Waals surface area contributed by atoms with Gasteiger partial charge in [-0.1, -0.05) is 55.0 Å². The molecule has 2 aromatic carbocycles. The molecule has 2 fully saturated rings. The molecule has 0 spiro atoms. The first-order valence-electron chi connectivity index (χ1n) is 11.8. The number of rotatable bonds is 7. The van der Waals surface area contributed by atoms with Crippen molar-refractivity contribution in [1.29, 1.82) is 0 Å². The number of carboxylic acids is 1. The second-order valence-corrected chi connectivity index (χ2v) is 9.46. The largest absolute Gasteiger partial charge is 0.481 e. The van der Waals surface area contributed by atoms with E-state index in [-0.39, 0.29) is 12.5 Å². The Labute approximate surface area is 200 Å². The second kappa shape index (κ2) is 8.94. The molecule has 3 N–H and O–H groups in total. The van der Waals surface area contributed by atoms with Crippen molar-refractivity contribution < 1.29 is 33.0 Å². The van der Waals surface area contributed by atoms with E-state index in [4.69, 9.17) is 9.84 Å².